The van der Waals surface area contributed by atoms with Crippen molar-refractivity contribution >= 4 is 22.8 Å². The van der Waals surface area contributed by atoms with Crippen LogP contribution in [0.25, 0.3) is 28.0 Å². The Morgan fingerprint density at radius 1 is 1.16 bits per heavy atom. The van der Waals surface area contributed by atoms with Gasteiger partial charge in [0.25, 0.3) is 0 Å². The number of amides is 1. The van der Waals surface area contributed by atoms with E-state index >= 15 is 4.39 Å². The van der Waals surface area contributed by atoms with E-state index in [1.165, 1.54) is 28.8 Å². The zero-order valence-corrected chi connectivity index (χ0v) is 24.8. The molecule has 4 aromatic rings. The second-order valence-electron chi connectivity index (χ2n) is 11.8. The van der Waals surface area contributed by atoms with Crippen molar-refractivity contribution in [3.63, 3.8) is 0 Å². The Morgan fingerprint density at radius 3 is 2.60 bits per heavy atom. The maximum Gasteiger partial charge on any atom is 0.355 e. The normalized spacial score (nSPS) is 17.1. The molecule has 222 valence electrons. The lowest BCUT2D eigenvalue weighted by Gasteiger charge is -2.40. The van der Waals surface area contributed by atoms with Gasteiger partial charge in [-0.15, -0.1) is 0 Å². The highest BCUT2D eigenvalue weighted by Gasteiger charge is 2.33. The summed E-state index contributed by atoms with van der Waals surface area (Å²) in [4.78, 5) is 44.6. The molecule has 1 saturated heterocycles. The van der Waals surface area contributed by atoms with Gasteiger partial charge in [-0.2, -0.15) is 4.98 Å². The standard InChI is InChI=1S/C33H35FN6O3/c1-6-27(42)38-13-14-39(20(5)17-38)31-25-16-23(21-7-8-21)29(24-15-22(41)9-10-26(24)34)36-32(25)40(33(43)37-31)30-19(4)11-12-35-28(30)18(2)3/h6,9-12,15-16,18,20-21,41H,1,7-8,13-14,17H2,2-5H3/t20-/m0/s1. The van der Waals surface area contributed by atoms with Crippen LogP contribution >= 0.6 is 0 Å². The summed E-state index contributed by atoms with van der Waals surface area (Å²) in [5.74, 6) is -0.0537. The van der Waals surface area contributed by atoms with Gasteiger partial charge in [0.2, 0.25) is 5.91 Å². The third-order valence-electron chi connectivity index (χ3n) is 8.41. The summed E-state index contributed by atoms with van der Waals surface area (Å²) in [6, 6.07) is 7.62. The SMILES string of the molecule is C=CC(=O)N1CCN(c2nc(=O)n(-c3c(C)ccnc3C(C)C)c3nc(-c4cc(O)ccc4F)c(C4CC4)cc23)[C@@H](C)C1. The first kappa shape index (κ1) is 28.5. The monoisotopic (exact) mass is 582 g/mol. The molecular formula is C33H35FN6O3. The number of rotatable bonds is 6. The smallest absolute Gasteiger partial charge is 0.355 e. The predicted octanol–water partition coefficient (Wildman–Crippen LogP) is 5.22. The third kappa shape index (κ3) is 5.04. The number of nitrogens with zero attached hydrogens (tertiary/aromatic N) is 6. The quantitative estimate of drug-likeness (QED) is 0.311. The zero-order valence-electron chi connectivity index (χ0n) is 24.8. The lowest BCUT2D eigenvalue weighted by molar-refractivity contribution is -0.126. The first-order valence-electron chi connectivity index (χ1n) is 14.7. The summed E-state index contributed by atoms with van der Waals surface area (Å²) < 4.78 is 16.8. The molecule has 0 spiro atoms. The van der Waals surface area contributed by atoms with Crippen LogP contribution < -0.4 is 10.6 Å². The molecule has 1 atom stereocenters. The Morgan fingerprint density at radius 2 is 1.93 bits per heavy atom. The number of fused-ring (bicyclic) bond motifs is 1. The molecule has 1 aliphatic carbocycles. The molecule has 2 aliphatic rings. The minimum Gasteiger partial charge on any atom is -0.508 e. The molecule has 1 aliphatic heterocycles. The molecule has 43 heavy (non-hydrogen) atoms. The molecular weight excluding hydrogens is 547 g/mol. The Bertz CT molecular complexity index is 1830. The number of hydrogen-bond acceptors (Lipinski definition) is 7. The maximum atomic E-state index is 15.3. The number of carbonyl (C=O) groups excluding carboxylic acids is 1. The van der Waals surface area contributed by atoms with Crippen molar-refractivity contribution in [2.75, 3.05) is 24.5 Å². The molecule has 1 amide bonds. The van der Waals surface area contributed by atoms with Gasteiger partial charge in [-0.05, 0) is 86.1 Å². The summed E-state index contributed by atoms with van der Waals surface area (Å²) in [6.45, 7) is 12.9. The van der Waals surface area contributed by atoms with Gasteiger partial charge in [-0.1, -0.05) is 20.4 Å². The number of hydrogen-bond donors (Lipinski definition) is 1. The number of carbonyl (C=O) groups is 1. The molecule has 3 aromatic heterocycles. The molecule has 1 aromatic carbocycles. The topological polar surface area (TPSA) is 104 Å². The van der Waals surface area contributed by atoms with Crippen LogP contribution in [0.3, 0.4) is 0 Å². The molecule has 2 fully saturated rings. The van der Waals surface area contributed by atoms with Gasteiger partial charge in [0.1, 0.15) is 17.4 Å². The number of piperazine rings is 1. The number of aryl methyl sites for hydroxylation is 1. The molecule has 1 N–H and O–H groups in total. The minimum atomic E-state index is -0.522. The van der Waals surface area contributed by atoms with Crippen molar-refractivity contribution in [1.29, 1.82) is 0 Å². The van der Waals surface area contributed by atoms with E-state index in [2.05, 4.69) is 16.5 Å². The average Bonchev–Trinajstić information content (AvgIpc) is 3.83. The number of benzene rings is 1. The summed E-state index contributed by atoms with van der Waals surface area (Å²) in [5, 5.41) is 10.9. The number of aromatic hydroxyl groups is 1. The molecule has 4 heterocycles. The van der Waals surface area contributed by atoms with Crippen molar-refractivity contribution in [2.24, 2.45) is 0 Å². The van der Waals surface area contributed by atoms with Crippen LogP contribution in [0.2, 0.25) is 0 Å². The number of phenols is 1. The molecule has 9 nitrogen and oxygen atoms in total. The highest BCUT2D eigenvalue weighted by molar-refractivity contribution is 5.92. The lowest BCUT2D eigenvalue weighted by Crippen LogP contribution is -2.54. The van der Waals surface area contributed by atoms with Gasteiger partial charge >= 0.3 is 5.69 Å². The number of aromatic nitrogens is 4. The largest absolute Gasteiger partial charge is 0.508 e. The van der Waals surface area contributed by atoms with E-state index < -0.39 is 11.5 Å². The van der Waals surface area contributed by atoms with Gasteiger partial charge in [0, 0.05) is 37.4 Å². The predicted molar refractivity (Wildman–Crippen MR) is 164 cm³/mol. The lowest BCUT2D eigenvalue weighted by atomic mass is 9.99. The minimum absolute atomic E-state index is 0.000691. The molecule has 6 rings (SSSR count). The number of anilines is 1. The summed E-state index contributed by atoms with van der Waals surface area (Å²) in [5.41, 5.74) is 3.41. The molecule has 10 heteroatoms. The molecule has 0 radical (unpaired) electrons. The maximum absolute atomic E-state index is 15.3. The third-order valence-corrected chi connectivity index (χ3v) is 8.41. The number of pyridine rings is 2. The van der Waals surface area contributed by atoms with Crippen LogP contribution in [0.4, 0.5) is 10.2 Å². The van der Waals surface area contributed by atoms with E-state index in [4.69, 9.17) is 4.98 Å². The van der Waals surface area contributed by atoms with Gasteiger partial charge in [-0.3, -0.25) is 9.78 Å². The van der Waals surface area contributed by atoms with E-state index in [0.717, 1.165) is 29.7 Å². The fourth-order valence-electron chi connectivity index (χ4n) is 6.07. The average molecular weight is 583 g/mol. The second kappa shape index (κ2) is 10.9. The summed E-state index contributed by atoms with van der Waals surface area (Å²) in [7, 11) is 0. The van der Waals surface area contributed by atoms with Crippen molar-refractivity contribution in [1.82, 2.24) is 24.4 Å². The summed E-state index contributed by atoms with van der Waals surface area (Å²) in [6.07, 6.45) is 4.90. The van der Waals surface area contributed by atoms with Crippen molar-refractivity contribution in [3.05, 3.63) is 82.3 Å². The van der Waals surface area contributed by atoms with E-state index in [9.17, 15) is 14.7 Å². The van der Waals surface area contributed by atoms with Gasteiger partial charge < -0.3 is 14.9 Å². The van der Waals surface area contributed by atoms with Crippen LogP contribution in [0.15, 0.2) is 54.0 Å². The Labute approximate surface area is 249 Å². The Hall–Kier alpha value is -4.60. The molecule has 0 unspecified atom stereocenters. The second-order valence-corrected chi connectivity index (χ2v) is 11.8. The molecule has 1 saturated carbocycles. The first-order chi connectivity index (χ1) is 20.6. The van der Waals surface area contributed by atoms with Crippen LogP contribution in [0.5, 0.6) is 5.75 Å². The van der Waals surface area contributed by atoms with Crippen LogP contribution in [0, 0.1) is 12.7 Å². The van der Waals surface area contributed by atoms with E-state index in [1.807, 2.05) is 44.7 Å². The van der Waals surface area contributed by atoms with Crippen molar-refractivity contribution in [2.45, 2.75) is 58.4 Å². The number of halogens is 1. The highest BCUT2D eigenvalue weighted by Crippen LogP contribution is 2.46. The van der Waals surface area contributed by atoms with Crippen molar-refractivity contribution < 1.29 is 14.3 Å². The van der Waals surface area contributed by atoms with Crippen LogP contribution in [-0.4, -0.2) is 61.1 Å². The summed E-state index contributed by atoms with van der Waals surface area (Å²) >= 11 is 0. The van der Waals surface area contributed by atoms with Crippen LogP contribution in [0.1, 0.15) is 62.3 Å². The fourth-order valence-corrected chi connectivity index (χ4v) is 6.07. The Balaban J connectivity index is 1.67. The van der Waals surface area contributed by atoms with Crippen molar-refractivity contribution in [3.8, 4) is 22.7 Å². The zero-order chi connectivity index (χ0) is 30.6. The van der Waals surface area contributed by atoms with E-state index in [0.29, 0.717) is 47.9 Å². The van der Waals surface area contributed by atoms with Crippen LogP contribution in [-0.2, 0) is 4.79 Å². The van der Waals surface area contributed by atoms with Gasteiger partial charge in [0.05, 0.1) is 22.5 Å². The molecule has 0 bridgehead atoms. The number of phenolic OH excluding ortho intramolecular Hbond substituents is 1. The van der Waals surface area contributed by atoms with Gasteiger partial charge in [0.15, 0.2) is 5.65 Å². The van der Waals surface area contributed by atoms with E-state index in [-0.39, 0.29) is 35.1 Å². The first-order valence-corrected chi connectivity index (χ1v) is 14.7. The fraction of sp³-hybridized carbons (Fsp3) is 0.364. The Kier molecular flexibility index (Phi) is 7.23. The van der Waals surface area contributed by atoms with Gasteiger partial charge in [-0.25, -0.2) is 18.7 Å². The highest BCUT2D eigenvalue weighted by atomic mass is 19.1. The van der Waals surface area contributed by atoms with E-state index in [1.54, 1.807) is 11.1 Å².